The van der Waals surface area contributed by atoms with Gasteiger partial charge in [0.05, 0.1) is 0 Å². The van der Waals surface area contributed by atoms with Crippen LogP contribution in [0.2, 0.25) is 0 Å². The lowest BCUT2D eigenvalue weighted by Crippen LogP contribution is -2.33. The number of likely N-dealkylation sites (N-methyl/N-ethyl adjacent to an activating group) is 1. The lowest BCUT2D eigenvalue weighted by Gasteiger charge is -2.31. The second-order valence-electron chi connectivity index (χ2n) is 4.42. The van der Waals surface area contributed by atoms with Gasteiger partial charge in [0.15, 0.2) is 0 Å². The SMILES string of the molecule is CN1C2CCC1c1scc(CN)c1C2. The molecule has 3 heterocycles. The Bertz CT molecular complexity index is 358. The molecular formula is C11H16N2S. The molecule has 2 nitrogen and oxygen atoms in total. The highest BCUT2D eigenvalue weighted by Crippen LogP contribution is 2.46. The van der Waals surface area contributed by atoms with Crippen LogP contribution in [0.3, 0.4) is 0 Å². The molecule has 0 aliphatic carbocycles. The fraction of sp³-hybridized carbons (Fsp3) is 0.636. The summed E-state index contributed by atoms with van der Waals surface area (Å²) in [5, 5.41) is 2.26. The zero-order valence-corrected chi connectivity index (χ0v) is 9.31. The first-order chi connectivity index (χ1) is 6.81. The van der Waals surface area contributed by atoms with Gasteiger partial charge in [-0.05, 0) is 42.8 Å². The van der Waals surface area contributed by atoms with E-state index in [2.05, 4.69) is 17.3 Å². The Labute approximate surface area is 88.7 Å². The fourth-order valence-corrected chi connectivity index (χ4v) is 4.23. The third-order valence-corrected chi connectivity index (χ3v) is 4.99. The molecule has 1 saturated heterocycles. The van der Waals surface area contributed by atoms with E-state index in [0.29, 0.717) is 6.04 Å². The van der Waals surface area contributed by atoms with Crippen molar-refractivity contribution >= 4 is 11.3 Å². The van der Waals surface area contributed by atoms with Crippen molar-refractivity contribution in [2.75, 3.05) is 7.05 Å². The first kappa shape index (κ1) is 8.89. The maximum absolute atomic E-state index is 5.76. The van der Waals surface area contributed by atoms with E-state index in [1.54, 1.807) is 10.4 Å². The zero-order chi connectivity index (χ0) is 9.71. The monoisotopic (exact) mass is 208 g/mol. The van der Waals surface area contributed by atoms with E-state index in [0.717, 1.165) is 12.6 Å². The summed E-state index contributed by atoms with van der Waals surface area (Å²) in [5.74, 6) is 0. The van der Waals surface area contributed by atoms with Crippen molar-refractivity contribution < 1.29 is 0 Å². The predicted molar refractivity (Wildman–Crippen MR) is 59.4 cm³/mol. The molecule has 2 atom stereocenters. The van der Waals surface area contributed by atoms with Crippen LogP contribution in [-0.4, -0.2) is 18.0 Å². The molecule has 1 aromatic rings. The summed E-state index contributed by atoms with van der Waals surface area (Å²) in [6.45, 7) is 0.717. The van der Waals surface area contributed by atoms with Crippen molar-refractivity contribution in [3.63, 3.8) is 0 Å². The van der Waals surface area contributed by atoms with E-state index in [9.17, 15) is 0 Å². The molecule has 2 bridgehead atoms. The molecule has 76 valence electrons. The number of nitrogens with two attached hydrogens (primary N) is 1. The van der Waals surface area contributed by atoms with Gasteiger partial charge in [-0.3, -0.25) is 4.90 Å². The lowest BCUT2D eigenvalue weighted by atomic mass is 9.98. The van der Waals surface area contributed by atoms with Gasteiger partial charge in [0.1, 0.15) is 0 Å². The van der Waals surface area contributed by atoms with Crippen LogP contribution in [0.4, 0.5) is 0 Å². The number of hydrogen-bond donors (Lipinski definition) is 1. The molecule has 1 aromatic heterocycles. The normalized spacial score (nSPS) is 30.7. The van der Waals surface area contributed by atoms with Crippen LogP contribution in [0.1, 0.15) is 34.9 Å². The third kappa shape index (κ3) is 1.03. The van der Waals surface area contributed by atoms with Crippen molar-refractivity contribution in [1.29, 1.82) is 0 Å². The maximum Gasteiger partial charge on any atom is 0.0445 e. The van der Waals surface area contributed by atoms with Crippen molar-refractivity contribution in [3.05, 3.63) is 21.4 Å². The average molecular weight is 208 g/mol. The van der Waals surface area contributed by atoms with E-state index < -0.39 is 0 Å². The van der Waals surface area contributed by atoms with Crippen LogP contribution in [0, 0.1) is 0 Å². The molecule has 14 heavy (non-hydrogen) atoms. The second-order valence-corrected chi connectivity index (χ2v) is 5.34. The van der Waals surface area contributed by atoms with E-state index in [-0.39, 0.29) is 0 Å². The largest absolute Gasteiger partial charge is 0.326 e. The highest BCUT2D eigenvalue weighted by molar-refractivity contribution is 7.10. The molecule has 0 aromatic carbocycles. The average Bonchev–Trinajstić information content (AvgIpc) is 2.68. The fourth-order valence-electron chi connectivity index (χ4n) is 2.93. The van der Waals surface area contributed by atoms with Crippen LogP contribution in [0.25, 0.3) is 0 Å². The van der Waals surface area contributed by atoms with E-state index in [1.807, 2.05) is 11.3 Å². The molecule has 0 spiro atoms. The van der Waals surface area contributed by atoms with Gasteiger partial charge in [-0.15, -0.1) is 11.3 Å². The smallest absolute Gasteiger partial charge is 0.0445 e. The summed E-state index contributed by atoms with van der Waals surface area (Å²) in [4.78, 5) is 4.15. The van der Waals surface area contributed by atoms with Crippen LogP contribution < -0.4 is 5.73 Å². The molecule has 3 heteroatoms. The topological polar surface area (TPSA) is 29.3 Å². The van der Waals surface area contributed by atoms with Gasteiger partial charge in [0.25, 0.3) is 0 Å². The molecular weight excluding hydrogens is 192 g/mol. The van der Waals surface area contributed by atoms with Crippen LogP contribution in [0.15, 0.2) is 5.38 Å². The quantitative estimate of drug-likeness (QED) is 0.763. The number of nitrogens with zero attached hydrogens (tertiary/aromatic N) is 1. The maximum atomic E-state index is 5.76. The summed E-state index contributed by atoms with van der Waals surface area (Å²) in [7, 11) is 2.27. The van der Waals surface area contributed by atoms with E-state index >= 15 is 0 Å². The Morgan fingerprint density at radius 3 is 3.21 bits per heavy atom. The highest BCUT2D eigenvalue weighted by Gasteiger charge is 2.39. The molecule has 3 rings (SSSR count). The van der Waals surface area contributed by atoms with Gasteiger partial charge in [-0.2, -0.15) is 0 Å². The molecule has 2 aliphatic heterocycles. The lowest BCUT2D eigenvalue weighted by molar-refractivity contribution is 0.228. The molecule has 1 fully saturated rings. The molecule has 0 saturated carbocycles. The van der Waals surface area contributed by atoms with Crippen molar-refractivity contribution in [2.45, 2.75) is 37.9 Å². The standard InChI is InChI=1S/C11H16N2S/c1-13-8-2-3-10(13)11-9(4-8)7(5-12)6-14-11/h6,8,10H,2-5,12H2,1H3. The number of hydrogen-bond acceptors (Lipinski definition) is 3. The summed E-state index contributed by atoms with van der Waals surface area (Å²) in [6.07, 6.45) is 3.95. The number of rotatable bonds is 1. The minimum absolute atomic E-state index is 0.703. The Kier molecular flexibility index (Phi) is 1.94. The molecule has 2 aliphatic rings. The van der Waals surface area contributed by atoms with Gasteiger partial charge < -0.3 is 5.73 Å². The van der Waals surface area contributed by atoms with Crippen molar-refractivity contribution in [1.82, 2.24) is 4.90 Å². The van der Waals surface area contributed by atoms with Gasteiger partial charge in [0, 0.05) is 23.5 Å². The van der Waals surface area contributed by atoms with Gasteiger partial charge >= 0.3 is 0 Å². The highest BCUT2D eigenvalue weighted by atomic mass is 32.1. The minimum Gasteiger partial charge on any atom is -0.326 e. The summed E-state index contributed by atoms with van der Waals surface area (Å²) in [5.41, 5.74) is 8.74. The van der Waals surface area contributed by atoms with E-state index in [1.165, 1.54) is 24.8 Å². The first-order valence-corrected chi connectivity index (χ1v) is 6.20. The van der Waals surface area contributed by atoms with Gasteiger partial charge in [0.2, 0.25) is 0 Å². The minimum atomic E-state index is 0.703. The predicted octanol–water partition coefficient (Wildman–Crippen LogP) is 1.90. The second kappa shape index (κ2) is 3.05. The Morgan fingerprint density at radius 1 is 1.57 bits per heavy atom. The molecule has 0 amide bonds. The summed E-state index contributed by atoms with van der Waals surface area (Å²) < 4.78 is 0. The van der Waals surface area contributed by atoms with Gasteiger partial charge in [-0.1, -0.05) is 0 Å². The van der Waals surface area contributed by atoms with Crippen LogP contribution in [-0.2, 0) is 13.0 Å². The van der Waals surface area contributed by atoms with Crippen molar-refractivity contribution in [2.24, 2.45) is 5.73 Å². The summed E-state index contributed by atoms with van der Waals surface area (Å²) >= 11 is 1.92. The third-order valence-electron chi connectivity index (χ3n) is 3.82. The van der Waals surface area contributed by atoms with E-state index in [4.69, 9.17) is 5.73 Å². The molecule has 2 unspecified atom stereocenters. The Morgan fingerprint density at radius 2 is 2.43 bits per heavy atom. The van der Waals surface area contributed by atoms with Crippen LogP contribution in [0.5, 0.6) is 0 Å². The Balaban J connectivity index is 2.08. The summed E-state index contributed by atoms with van der Waals surface area (Å²) in [6, 6.07) is 1.49. The number of fused-ring (bicyclic) bond motifs is 4. The molecule has 0 radical (unpaired) electrons. The van der Waals surface area contributed by atoms with Crippen molar-refractivity contribution in [3.8, 4) is 0 Å². The molecule has 2 N–H and O–H groups in total. The Hall–Kier alpha value is -0.380. The number of thiophene rings is 1. The van der Waals surface area contributed by atoms with Crippen LogP contribution >= 0.6 is 11.3 Å². The van der Waals surface area contributed by atoms with Gasteiger partial charge in [-0.25, -0.2) is 0 Å². The zero-order valence-electron chi connectivity index (χ0n) is 8.49. The first-order valence-electron chi connectivity index (χ1n) is 5.32.